The van der Waals surface area contributed by atoms with E-state index in [0.29, 0.717) is 17.8 Å². The van der Waals surface area contributed by atoms with Gasteiger partial charge in [-0.25, -0.2) is 0 Å². The predicted octanol–water partition coefficient (Wildman–Crippen LogP) is 4.49. The molecule has 0 heterocycles. The van der Waals surface area contributed by atoms with Crippen LogP contribution in [0.3, 0.4) is 0 Å². The van der Waals surface area contributed by atoms with Crippen LogP contribution in [0.15, 0.2) is 23.8 Å². The zero-order chi connectivity index (χ0) is 19.4. The Labute approximate surface area is 161 Å². The van der Waals surface area contributed by atoms with Crippen molar-refractivity contribution in [1.82, 2.24) is 0 Å². The van der Waals surface area contributed by atoms with Gasteiger partial charge in [0.15, 0.2) is 17.5 Å². The number of ether oxygens (including phenoxy) is 1. The molecule has 1 N–H and O–H groups in total. The van der Waals surface area contributed by atoms with Gasteiger partial charge >= 0.3 is 0 Å². The van der Waals surface area contributed by atoms with Gasteiger partial charge in [-0.2, -0.15) is 0 Å². The fourth-order valence-electron chi connectivity index (χ4n) is 7.01. The lowest BCUT2D eigenvalue weighted by Gasteiger charge is -2.56. The van der Waals surface area contributed by atoms with Crippen LogP contribution in [0.1, 0.15) is 59.3 Å². The molecule has 0 radical (unpaired) electrons. The van der Waals surface area contributed by atoms with Gasteiger partial charge in [0, 0.05) is 18.3 Å². The van der Waals surface area contributed by atoms with Crippen LogP contribution >= 0.6 is 0 Å². The van der Waals surface area contributed by atoms with E-state index in [9.17, 15) is 9.59 Å². The minimum Gasteiger partial charge on any atom is -0.474 e. The van der Waals surface area contributed by atoms with E-state index >= 15 is 0 Å². The second kappa shape index (κ2) is 6.42. The number of ketones is 2. The highest BCUT2D eigenvalue weighted by molar-refractivity contribution is 6.01. The van der Waals surface area contributed by atoms with Gasteiger partial charge in [-0.3, -0.25) is 15.0 Å². The smallest absolute Gasteiger partial charge is 0.178 e. The van der Waals surface area contributed by atoms with Crippen molar-refractivity contribution in [3.63, 3.8) is 0 Å². The first-order chi connectivity index (χ1) is 12.8. The van der Waals surface area contributed by atoms with Gasteiger partial charge in [0.2, 0.25) is 0 Å². The summed E-state index contributed by atoms with van der Waals surface area (Å²) in [4.78, 5) is 24.7. The highest BCUT2D eigenvalue weighted by Crippen LogP contribution is 2.66. The van der Waals surface area contributed by atoms with E-state index in [1.807, 2.05) is 6.08 Å². The SMILES string of the molecule is CC(=N)OCC(=O)C1CCC2C3CCC4=CC(=O)C=CC4(C)C3CCC12C. The van der Waals surface area contributed by atoms with Crippen LogP contribution in [0.25, 0.3) is 0 Å². The molecule has 4 heteroatoms. The molecule has 4 aliphatic carbocycles. The van der Waals surface area contributed by atoms with Crippen molar-refractivity contribution in [1.29, 1.82) is 5.41 Å². The van der Waals surface area contributed by atoms with Crippen molar-refractivity contribution >= 4 is 17.5 Å². The molecule has 0 aromatic carbocycles. The molecule has 6 atom stereocenters. The second-order valence-corrected chi connectivity index (χ2v) is 9.59. The van der Waals surface area contributed by atoms with Gasteiger partial charge in [-0.1, -0.05) is 25.5 Å². The first kappa shape index (κ1) is 18.6. The summed E-state index contributed by atoms with van der Waals surface area (Å²) in [6, 6.07) is 0. The van der Waals surface area contributed by atoms with Crippen LogP contribution in [0.4, 0.5) is 0 Å². The minimum atomic E-state index is 0.0145. The number of Topliss-reactive ketones (excluding diaryl/α,β-unsaturated/α-hetero) is 1. The standard InChI is InChI=1S/C23H31NO3/c1-14(24)27-13-21(26)20-7-6-18-17-5-4-15-12-16(25)8-10-22(15,2)19(17)9-11-23(18,20)3/h8,10,12,17-20,24H,4-7,9,11,13H2,1-3H3. The summed E-state index contributed by atoms with van der Waals surface area (Å²) in [6.45, 7) is 6.27. The first-order valence-corrected chi connectivity index (χ1v) is 10.4. The summed E-state index contributed by atoms with van der Waals surface area (Å²) in [5, 5.41) is 7.42. The lowest BCUT2D eigenvalue weighted by atomic mass is 9.47. The quantitative estimate of drug-likeness (QED) is 0.588. The van der Waals surface area contributed by atoms with Gasteiger partial charge in [0.25, 0.3) is 0 Å². The number of rotatable bonds is 3. The molecule has 27 heavy (non-hydrogen) atoms. The summed E-state index contributed by atoms with van der Waals surface area (Å²) in [5.41, 5.74) is 1.39. The zero-order valence-electron chi connectivity index (χ0n) is 16.7. The van der Waals surface area contributed by atoms with Crippen molar-refractivity contribution < 1.29 is 14.3 Å². The summed E-state index contributed by atoms with van der Waals surface area (Å²) in [5.74, 6) is 2.28. The third kappa shape index (κ3) is 2.83. The van der Waals surface area contributed by atoms with Gasteiger partial charge in [0.05, 0.1) is 0 Å². The largest absolute Gasteiger partial charge is 0.474 e. The Morgan fingerprint density at radius 3 is 2.74 bits per heavy atom. The normalized spacial score (nSPS) is 42.6. The van der Waals surface area contributed by atoms with Gasteiger partial charge in [-0.15, -0.1) is 0 Å². The van der Waals surface area contributed by atoms with Crippen LogP contribution in [0, 0.1) is 39.9 Å². The summed E-state index contributed by atoms with van der Waals surface area (Å²) in [6.07, 6.45) is 12.2. The molecule has 0 aliphatic heterocycles. The highest BCUT2D eigenvalue weighted by Gasteiger charge is 2.59. The highest BCUT2D eigenvalue weighted by atomic mass is 16.5. The molecule has 0 spiro atoms. The Kier molecular flexibility index (Phi) is 4.44. The number of carbonyl (C=O) groups is 2. The molecule has 4 aliphatic rings. The van der Waals surface area contributed by atoms with Crippen LogP contribution in [-0.2, 0) is 14.3 Å². The van der Waals surface area contributed by atoms with E-state index in [0.717, 1.165) is 38.5 Å². The Morgan fingerprint density at radius 2 is 2.00 bits per heavy atom. The van der Waals surface area contributed by atoms with Crippen LogP contribution in [0.2, 0.25) is 0 Å². The summed E-state index contributed by atoms with van der Waals surface area (Å²) in [7, 11) is 0. The minimum absolute atomic E-state index is 0.0145. The van der Waals surface area contributed by atoms with E-state index in [-0.39, 0.29) is 40.8 Å². The number of fused-ring (bicyclic) bond motifs is 5. The number of hydrogen-bond acceptors (Lipinski definition) is 4. The molecule has 3 fully saturated rings. The van der Waals surface area contributed by atoms with Gasteiger partial charge in [-0.05, 0) is 73.8 Å². The van der Waals surface area contributed by atoms with Crippen molar-refractivity contribution in [2.24, 2.45) is 34.5 Å². The van der Waals surface area contributed by atoms with Crippen LogP contribution in [0.5, 0.6) is 0 Å². The van der Waals surface area contributed by atoms with Crippen LogP contribution in [-0.4, -0.2) is 24.1 Å². The Balaban J connectivity index is 1.56. The molecule has 146 valence electrons. The van der Waals surface area contributed by atoms with Crippen molar-refractivity contribution in [2.75, 3.05) is 6.61 Å². The van der Waals surface area contributed by atoms with Crippen molar-refractivity contribution in [2.45, 2.75) is 59.3 Å². The van der Waals surface area contributed by atoms with E-state index in [1.165, 1.54) is 5.57 Å². The molecule has 0 aromatic heterocycles. The molecular formula is C23H31NO3. The third-order valence-electron chi connectivity index (χ3n) is 8.38. The predicted molar refractivity (Wildman–Crippen MR) is 104 cm³/mol. The topological polar surface area (TPSA) is 67.2 Å². The Hall–Kier alpha value is -1.71. The number of allylic oxidation sites excluding steroid dienone is 4. The van der Waals surface area contributed by atoms with Gasteiger partial charge in [0.1, 0.15) is 6.61 Å². The maximum absolute atomic E-state index is 12.8. The van der Waals surface area contributed by atoms with E-state index in [2.05, 4.69) is 19.9 Å². The Morgan fingerprint density at radius 1 is 1.22 bits per heavy atom. The molecule has 4 rings (SSSR count). The van der Waals surface area contributed by atoms with E-state index < -0.39 is 0 Å². The number of carbonyl (C=O) groups excluding carboxylic acids is 2. The molecule has 6 unspecified atom stereocenters. The number of nitrogens with one attached hydrogen (secondary N) is 1. The molecule has 3 saturated carbocycles. The lowest BCUT2D eigenvalue weighted by Crippen LogP contribution is -2.50. The van der Waals surface area contributed by atoms with Crippen molar-refractivity contribution in [3.05, 3.63) is 23.8 Å². The van der Waals surface area contributed by atoms with E-state index in [1.54, 1.807) is 13.0 Å². The zero-order valence-corrected chi connectivity index (χ0v) is 16.7. The number of hydrogen-bond donors (Lipinski definition) is 1. The molecule has 0 amide bonds. The molecule has 4 nitrogen and oxygen atoms in total. The Bertz CT molecular complexity index is 751. The fourth-order valence-corrected chi connectivity index (χ4v) is 7.01. The average molecular weight is 370 g/mol. The molecule has 0 saturated heterocycles. The summed E-state index contributed by atoms with van der Waals surface area (Å²) >= 11 is 0. The third-order valence-corrected chi connectivity index (χ3v) is 8.38. The maximum atomic E-state index is 12.8. The average Bonchev–Trinajstić information content (AvgIpc) is 2.97. The van der Waals surface area contributed by atoms with Crippen LogP contribution < -0.4 is 0 Å². The molecule has 0 bridgehead atoms. The first-order valence-electron chi connectivity index (χ1n) is 10.4. The lowest BCUT2D eigenvalue weighted by molar-refractivity contribution is -0.131. The van der Waals surface area contributed by atoms with Crippen molar-refractivity contribution in [3.8, 4) is 0 Å². The van der Waals surface area contributed by atoms with Gasteiger partial charge < -0.3 is 4.74 Å². The monoisotopic (exact) mass is 369 g/mol. The second-order valence-electron chi connectivity index (χ2n) is 9.59. The molecular weight excluding hydrogens is 338 g/mol. The maximum Gasteiger partial charge on any atom is 0.178 e. The summed E-state index contributed by atoms with van der Waals surface area (Å²) < 4.78 is 5.23. The van der Waals surface area contributed by atoms with E-state index in [4.69, 9.17) is 10.1 Å². The fraction of sp³-hybridized carbons (Fsp3) is 0.696. The molecule has 0 aromatic rings.